The zero-order valence-corrected chi connectivity index (χ0v) is 11.0. The molecule has 0 saturated heterocycles. The Balaban J connectivity index is 2.37. The molecule has 0 fully saturated rings. The molecule has 23 heavy (non-hydrogen) atoms. The van der Waals surface area contributed by atoms with Gasteiger partial charge in [-0.05, 0) is 36.4 Å². The quantitative estimate of drug-likeness (QED) is 0.686. The van der Waals surface area contributed by atoms with Gasteiger partial charge in [0.25, 0.3) is 0 Å². The first-order valence-corrected chi connectivity index (χ1v) is 5.99. The maximum atomic E-state index is 13.1. The van der Waals surface area contributed by atoms with Crippen molar-refractivity contribution in [3.8, 4) is 0 Å². The Morgan fingerprint density at radius 2 is 0.957 bits per heavy atom. The summed E-state index contributed by atoms with van der Waals surface area (Å²) in [6, 6.07) is 3.71. The van der Waals surface area contributed by atoms with Crippen LogP contribution in [0.4, 0.5) is 46.5 Å². The van der Waals surface area contributed by atoms with Crippen molar-refractivity contribution in [1.29, 1.82) is 0 Å². The highest BCUT2D eigenvalue weighted by Gasteiger charge is 2.35. The summed E-state index contributed by atoms with van der Waals surface area (Å²) in [5, 5.41) is 2.25. The second kappa shape index (κ2) is 5.71. The molecule has 0 bridgehead atoms. The molecule has 0 amide bonds. The van der Waals surface area contributed by atoms with E-state index in [2.05, 4.69) is 5.32 Å². The van der Waals surface area contributed by atoms with Gasteiger partial charge in [-0.2, -0.15) is 26.3 Å². The largest absolute Gasteiger partial charge is 0.419 e. The highest BCUT2D eigenvalue weighted by molar-refractivity contribution is 5.61. The average Bonchev–Trinajstić information content (AvgIpc) is 2.40. The fraction of sp³-hybridized carbons (Fsp3) is 0.143. The molecule has 124 valence electrons. The summed E-state index contributed by atoms with van der Waals surface area (Å²) in [6.07, 6.45) is -9.91. The zero-order chi connectivity index (χ0) is 17.4. The van der Waals surface area contributed by atoms with Crippen LogP contribution in [-0.2, 0) is 12.4 Å². The van der Waals surface area contributed by atoms with Crippen LogP contribution < -0.4 is 5.32 Å². The lowest BCUT2D eigenvalue weighted by Crippen LogP contribution is -2.10. The second-order valence-electron chi connectivity index (χ2n) is 4.51. The van der Waals surface area contributed by atoms with E-state index >= 15 is 0 Å². The number of nitrogens with one attached hydrogen (secondary N) is 1. The minimum atomic E-state index is -4.96. The van der Waals surface area contributed by atoms with Crippen LogP contribution in [0.2, 0.25) is 0 Å². The topological polar surface area (TPSA) is 12.0 Å². The summed E-state index contributed by atoms with van der Waals surface area (Å²) < 4.78 is 102. The lowest BCUT2D eigenvalue weighted by atomic mass is 10.1. The van der Waals surface area contributed by atoms with Crippen molar-refractivity contribution in [3.05, 3.63) is 59.2 Å². The number of alkyl halides is 6. The molecule has 0 atom stereocenters. The summed E-state index contributed by atoms with van der Waals surface area (Å²) in [4.78, 5) is 0. The van der Waals surface area contributed by atoms with E-state index in [1.54, 1.807) is 0 Å². The first-order valence-electron chi connectivity index (χ1n) is 5.99. The van der Waals surface area contributed by atoms with E-state index in [0.717, 1.165) is 12.1 Å². The maximum Gasteiger partial charge on any atom is 0.419 e. The number of benzene rings is 2. The molecule has 2 aromatic carbocycles. The summed E-state index contributed by atoms with van der Waals surface area (Å²) in [5.41, 5.74) is -3.72. The molecule has 9 heteroatoms. The number of anilines is 2. The Labute approximate surface area is 124 Å². The third kappa shape index (κ3) is 3.91. The van der Waals surface area contributed by atoms with Gasteiger partial charge in [0.1, 0.15) is 11.6 Å². The normalized spacial score (nSPS) is 12.3. The first-order chi connectivity index (χ1) is 10.5. The highest BCUT2D eigenvalue weighted by atomic mass is 19.4. The van der Waals surface area contributed by atoms with E-state index in [1.807, 2.05) is 0 Å². The third-order valence-electron chi connectivity index (χ3n) is 2.83. The molecule has 2 rings (SSSR count). The lowest BCUT2D eigenvalue weighted by Gasteiger charge is -2.13. The van der Waals surface area contributed by atoms with E-state index in [0.29, 0.717) is 24.3 Å². The van der Waals surface area contributed by atoms with Crippen molar-refractivity contribution in [1.82, 2.24) is 0 Å². The molecule has 0 aliphatic heterocycles. The lowest BCUT2D eigenvalue weighted by molar-refractivity contribution is -0.140. The van der Waals surface area contributed by atoms with Gasteiger partial charge in [0, 0.05) is 11.4 Å². The van der Waals surface area contributed by atoms with Crippen LogP contribution in [0.3, 0.4) is 0 Å². The Morgan fingerprint density at radius 3 is 1.26 bits per heavy atom. The average molecular weight is 341 g/mol. The van der Waals surface area contributed by atoms with E-state index in [4.69, 9.17) is 0 Å². The van der Waals surface area contributed by atoms with Crippen LogP contribution in [0.5, 0.6) is 0 Å². The van der Waals surface area contributed by atoms with Gasteiger partial charge in [-0.3, -0.25) is 0 Å². The van der Waals surface area contributed by atoms with Gasteiger partial charge >= 0.3 is 12.4 Å². The van der Waals surface area contributed by atoms with Crippen LogP contribution in [-0.4, -0.2) is 0 Å². The van der Waals surface area contributed by atoms with Crippen LogP contribution in [0.25, 0.3) is 0 Å². The number of rotatable bonds is 2. The van der Waals surface area contributed by atoms with Crippen molar-refractivity contribution >= 4 is 11.4 Å². The third-order valence-corrected chi connectivity index (χ3v) is 2.83. The predicted molar refractivity (Wildman–Crippen MR) is 66.1 cm³/mol. The summed E-state index contributed by atoms with van der Waals surface area (Å²) in [5.74, 6) is -3.03. The Morgan fingerprint density at radius 1 is 0.609 bits per heavy atom. The summed E-state index contributed by atoms with van der Waals surface area (Å²) >= 11 is 0. The van der Waals surface area contributed by atoms with Gasteiger partial charge in [0.05, 0.1) is 11.1 Å². The molecule has 0 aromatic heterocycles. The van der Waals surface area contributed by atoms with E-state index in [1.165, 1.54) is 0 Å². The Hall–Kier alpha value is -2.32. The smallest absolute Gasteiger partial charge is 0.355 e. The molecule has 0 radical (unpaired) electrons. The SMILES string of the molecule is Fc1ccc(Nc2ccc(F)c(C(F)(F)F)c2)cc1C(F)(F)F. The molecule has 0 spiro atoms. The van der Waals surface area contributed by atoms with Gasteiger partial charge in [0.2, 0.25) is 0 Å². The van der Waals surface area contributed by atoms with Crippen LogP contribution in [0.15, 0.2) is 36.4 Å². The molecule has 0 aliphatic rings. The van der Waals surface area contributed by atoms with Gasteiger partial charge in [-0.25, -0.2) is 8.78 Å². The van der Waals surface area contributed by atoms with Crippen molar-refractivity contribution in [2.75, 3.05) is 5.32 Å². The summed E-state index contributed by atoms with van der Waals surface area (Å²) in [6.45, 7) is 0. The van der Waals surface area contributed by atoms with Crippen LogP contribution in [0, 0.1) is 11.6 Å². The Kier molecular flexibility index (Phi) is 4.23. The molecule has 0 saturated carbocycles. The van der Waals surface area contributed by atoms with Gasteiger partial charge in [0.15, 0.2) is 0 Å². The molecule has 0 aliphatic carbocycles. The van der Waals surface area contributed by atoms with Gasteiger partial charge in [-0.15, -0.1) is 0 Å². The van der Waals surface area contributed by atoms with Crippen molar-refractivity contribution in [2.45, 2.75) is 12.4 Å². The molecule has 2 aromatic rings. The fourth-order valence-corrected chi connectivity index (χ4v) is 1.81. The van der Waals surface area contributed by atoms with E-state index in [-0.39, 0.29) is 11.4 Å². The van der Waals surface area contributed by atoms with Gasteiger partial charge in [-0.1, -0.05) is 0 Å². The van der Waals surface area contributed by atoms with E-state index < -0.39 is 35.1 Å². The molecular weight excluding hydrogens is 334 g/mol. The van der Waals surface area contributed by atoms with Crippen molar-refractivity contribution in [3.63, 3.8) is 0 Å². The minimum Gasteiger partial charge on any atom is -0.355 e. The van der Waals surface area contributed by atoms with Crippen molar-refractivity contribution in [2.24, 2.45) is 0 Å². The summed E-state index contributed by atoms with van der Waals surface area (Å²) in [7, 11) is 0. The number of hydrogen-bond acceptors (Lipinski definition) is 1. The second-order valence-corrected chi connectivity index (χ2v) is 4.51. The molecule has 0 heterocycles. The molecule has 0 unspecified atom stereocenters. The number of halogens is 8. The molecule has 1 nitrogen and oxygen atoms in total. The van der Waals surface area contributed by atoms with Crippen molar-refractivity contribution < 1.29 is 35.1 Å². The first kappa shape index (κ1) is 17.0. The predicted octanol–water partition coefficient (Wildman–Crippen LogP) is 5.75. The molecular formula is C14H7F8N. The molecule has 1 N–H and O–H groups in total. The number of hydrogen-bond donors (Lipinski definition) is 1. The maximum absolute atomic E-state index is 13.1. The highest BCUT2D eigenvalue weighted by Crippen LogP contribution is 2.35. The standard InChI is InChI=1S/C14H7F8N/c15-11-3-1-7(5-9(11)13(17,18)19)23-8-2-4-12(16)10(6-8)14(20,21)22/h1-6,23H. The van der Waals surface area contributed by atoms with E-state index in [9.17, 15) is 35.1 Å². The minimum absolute atomic E-state index is 0.293. The van der Waals surface area contributed by atoms with Crippen LogP contribution >= 0.6 is 0 Å². The van der Waals surface area contributed by atoms with Gasteiger partial charge < -0.3 is 5.32 Å². The monoisotopic (exact) mass is 341 g/mol. The fourth-order valence-electron chi connectivity index (χ4n) is 1.81. The van der Waals surface area contributed by atoms with Crippen LogP contribution in [0.1, 0.15) is 11.1 Å². The zero-order valence-electron chi connectivity index (χ0n) is 11.0. The Bertz CT molecular complexity index is 656.